The average Bonchev–Trinajstić information content (AvgIpc) is 3.29. The lowest BCUT2D eigenvalue weighted by Gasteiger charge is -2.26. The van der Waals surface area contributed by atoms with Crippen LogP contribution in [0.15, 0.2) is 18.3 Å². The molecule has 98 valence electrons. The molecule has 3 nitrogen and oxygen atoms in total. The van der Waals surface area contributed by atoms with E-state index < -0.39 is 0 Å². The molecule has 1 atom stereocenters. The number of nitrogens with zero attached hydrogens (tertiary/aromatic N) is 2. The van der Waals surface area contributed by atoms with Gasteiger partial charge in [-0.2, -0.15) is 0 Å². The molecule has 0 spiro atoms. The van der Waals surface area contributed by atoms with Crippen LogP contribution >= 0.6 is 0 Å². The van der Waals surface area contributed by atoms with E-state index in [1.54, 1.807) is 0 Å². The van der Waals surface area contributed by atoms with Crippen molar-refractivity contribution in [2.75, 3.05) is 11.9 Å². The number of rotatable bonds is 6. The standard InChI is InChI=1S/C15H23N3/c1-11(13-4-5-13)18(2)15-8-3-12(10-17-15)9-16-14-6-7-14/h3,8,10-11,13-14,16H,4-7,9H2,1-2H3. The molecule has 1 aromatic rings. The van der Waals surface area contributed by atoms with E-state index in [9.17, 15) is 0 Å². The molecule has 0 aromatic carbocycles. The Kier molecular flexibility index (Phi) is 3.25. The van der Waals surface area contributed by atoms with E-state index >= 15 is 0 Å². The summed E-state index contributed by atoms with van der Waals surface area (Å²) in [6.07, 6.45) is 7.46. The first-order valence-corrected chi connectivity index (χ1v) is 7.15. The number of anilines is 1. The van der Waals surface area contributed by atoms with Crippen molar-refractivity contribution in [2.45, 2.75) is 51.2 Å². The molecule has 18 heavy (non-hydrogen) atoms. The molecule has 1 heterocycles. The highest BCUT2D eigenvalue weighted by molar-refractivity contribution is 5.40. The minimum Gasteiger partial charge on any atom is -0.357 e. The zero-order valence-corrected chi connectivity index (χ0v) is 11.4. The molecule has 0 radical (unpaired) electrons. The van der Waals surface area contributed by atoms with Crippen molar-refractivity contribution < 1.29 is 0 Å². The number of aromatic nitrogens is 1. The molecule has 2 aliphatic carbocycles. The second-order valence-corrected chi connectivity index (χ2v) is 5.87. The molecule has 3 heteroatoms. The zero-order valence-electron chi connectivity index (χ0n) is 11.4. The highest BCUT2D eigenvalue weighted by atomic mass is 15.2. The number of nitrogens with one attached hydrogen (secondary N) is 1. The minimum atomic E-state index is 0.618. The van der Waals surface area contributed by atoms with Gasteiger partial charge in [-0.3, -0.25) is 0 Å². The van der Waals surface area contributed by atoms with Gasteiger partial charge in [0.2, 0.25) is 0 Å². The molecular formula is C15H23N3. The summed E-state index contributed by atoms with van der Waals surface area (Å²) in [5.74, 6) is 1.98. The fraction of sp³-hybridized carbons (Fsp3) is 0.667. The minimum absolute atomic E-state index is 0.618. The fourth-order valence-electron chi connectivity index (χ4n) is 2.38. The molecule has 1 aromatic heterocycles. The summed E-state index contributed by atoms with van der Waals surface area (Å²) >= 11 is 0. The van der Waals surface area contributed by atoms with E-state index in [-0.39, 0.29) is 0 Å². The normalized spacial score (nSPS) is 20.8. The highest BCUT2D eigenvalue weighted by Crippen LogP contribution is 2.35. The van der Waals surface area contributed by atoms with Gasteiger partial charge in [0.25, 0.3) is 0 Å². The van der Waals surface area contributed by atoms with Crippen LogP contribution in [0.2, 0.25) is 0 Å². The Labute approximate surface area is 110 Å². The quantitative estimate of drug-likeness (QED) is 0.835. The van der Waals surface area contributed by atoms with Crippen molar-refractivity contribution in [1.29, 1.82) is 0 Å². The van der Waals surface area contributed by atoms with Gasteiger partial charge in [-0.25, -0.2) is 4.98 Å². The maximum atomic E-state index is 4.59. The Morgan fingerprint density at radius 3 is 2.67 bits per heavy atom. The lowest BCUT2D eigenvalue weighted by molar-refractivity contribution is 0.603. The molecule has 2 fully saturated rings. The summed E-state index contributed by atoms with van der Waals surface area (Å²) in [7, 11) is 2.16. The number of pyridine rings is 1. The summed E-state index contributed by atoms with van der Waals surface area (Å²) in [6.45, 7) is 3.27. The predicted molar refractivity (Wildman–Crippen MR) is 74.7 cm³/mol. The number of hydrogen-bond acceptors (Lipinski definition) is 3. The van der Waals surface area contributed by atoms with Gasteiger partial charge in [0.15, 0.2) is 0 Å². The molecule has 2 aliphatic rings. The highest BCUT2D eigenvalue weighted by Gasteiger charge is 2.30. The van der Waals surface area contributed by atoms with Crippen LogP contribution in [0.25, 0.3) is 0 Å². The Bertz CT molecular complexity index is 393. The van der Waals surface area contributed by atoms with Crippen molar-refractivity contribution in [1.82, 2.24) is 10.3 Å². The van der Waals surface area contributed by atoms with Crippen molar-refractivity contribution >= 4 is 5.82 Å². The first kappa shape index (κ1) is 12.0. The Balaban J connectivity index is 1.58. The summed E-state index contributed by atoms with van der Waals surface area (Å²) in [4.78, 5) is 6.91. The van der Waals surface area contributed by atoms with Gasteiger partial charge in [-0.05, 0) is 50.2 Å². The van der Waals surface area contributed by atoms with E-state index in [1.807, 2.05) is 6.20 Å². The van der Waals surface area contributed by atoms with Gasteiger partial charge in [-0.15, -0.1) is 0 Å². The summed E-state index contributed by atoms with van der Waals surface area (Å²) in [5.41, 5.74) is 1.29. The van der Waals surface area contributed by atoms with Gasteiger partial charge >= 0.3 is 0 Å². The van der Waals surface area contributed by atoms with Crippen LogP contribution in [0.1, 0.15) is 38.2 Å². The lowest BCUT2D eigenvalue weighted by Crippen LogP contribution is -2.31. The van der Waals surface area contributed by atoms with Crippen LogP contribution in [0, 0.1) is 5.92 Å². The SMILES string of the molecule is CC(C1CC1)N(C)c1ccc(CNC2CC2)cn1. The van der Waals surface area contributed by atoms with Crippen molar-refractivity contribution in [2.24, 2.45) is 5.92 Å². The van der Waals surface area contributed by atoms with Crippen LogP contribution in [0.5, 0.6) is 0 Å². The Morgan fingerprint density at radius 2 is 2.11 bits per heavy atom. The largest absolute Gasteiger partial charge is 0.357 e. The monoisotopic (exact) mass is 245 g/mol. The maximum absolute atomic E-state index is 4.59. The molecular weight excluding hydrogens is 222 g/mol. The molecule has 2 saturated carbocycles. The second-order valence-electron chi connectivity index (χ2n) is 5.87. The van der Waals surface area contributed by atoms with Gasteiger partial charge in [0, 0.05) is 31.9 Å². The van der Waals surface area contributed by atoms with Gasteiger partial charge in [0.05, 0.1) is 0 Å². The summed E-state index contributed by atoms with van der Waals surface area (Å²) in [6, 6.07) is 5.74. The fourth-order valence-corrected chi connectivity index (χ4v) is 2.38. The van der Waals surface area contributed by atoms with Crippen LogP contribution in [0.4, 0.5) is 5.82 Å². The van der Waals surface area contributed by atoms with E-state index in [2.05, 4.69) is 41.3 Å². The second kappa shape index (κ2) is 4.88. The topological polar surface area (TPSA) is 28.2 Å². The van der Waals surface area contributed by atoms with E-state index in [1.165, 1.54) is 31.2 Å². The van der Waals surface area contributed by atoms with E-state index in [0.29, 0.717) is 6.04 Å². The molecule has 0 bridgehead atoms. The van der Waals surface area contributed by atoms with Crippen LogP contribution in [-0.2, 0) is 6.54 Å². The average molecular weight is 245 g/mol. The van der Waals surface area contributed by atoms with Crippen molar-refractivity contribution in [3.63, 3.8) is 0 Å². The van der Waals surface area contributed by atoms with Gasteiger partial charge in [-0.1, -0.05) is 6.07 Å². The molecule has 1 unspecified atom stereocenters. The molecule has 0 amide bonds. The van der Waals surface area contributed by atoms with E-state index in [4.69, 9.17) is 0 Å². The Hall–Kier alpha value is -1.09. The molecule has 1 N–H and O–H groups in total. The molecule has 3 rings (SSSR count). The van der Waals surface area contributed by atoms with Gasteiger partial charge < -0.3 is 10.2 Å². The predicted octanol–water partition coefficient (Wildman–Crippen LogP) is 2.57. The molecule has 0 aliphatic heterocycles. The first-order valence-electron chi connectivity index (χ1n) is 7.15. The summed E-state index contributed by atoms with van der Waals surface area (Å²) < 4.78 is 0. The molecule has 0 saturated heterocycles. The number of hydrogen-bond donors (Lipinski definition) is 1. The van der Waals surface area contributed by atoms with Crippen molar-refractivity contribution in [3.05, 3.63) is 23.9 Å². The maximum Gasteiger partial charge on any atom is 0.128 e. The first-order chi connectivity index (χ1) is 8.74. The summed E-state index contributed by atoms with van der Waals surface area (Å²) in [5, 5.41) is 3.52. The van der Waals surface area contributed by atoms with Crippen LogP contribution in [0.3, 0.4) is 0 Å². The smallest absolute Gasteiger partial charge is 0.128 e. The van der Waals surface area contributed by atoms with E-state index in [0.717, 1.165) is 24.3 Å². The van der Waals surface area contributed by atoms with Crippen LogP contribution in [-0.4, -0.2) is 24.1 Å². The third-order valence-corrected chi connectivity index (χ3v) is 4.26. The van der Waals surface area contributed by atoms with Crippen molar-refractivity contribution in [3.8, 4) is 0 Å². The lowest BCUT2D eigenvalue weighted by atomic mass is 10.2. The third kappa shape index (κ3) is 2.83. The van der Waals surface area contributed by atoms with Gasteiger partial charge in [0.1, 0.15) is 5.82 Å². The Morgan fingerprint density at radius 1 is 1.33 bits per heavy atom. The zero-order chi connectivity index (χ0) is 12.5. The third-order valence-electron chi connectivity index (χ3n) is 4.26. The van der Waals surface area contributed by atoms with Crippen LogP contribution < -0.4 is 10.2 Å².